The van der Waals surface area contributed by atoms with Gasteiger partial charge in [-0.25, -0.2) is 4.98 Å². The van der Waals surface area contributed by atoms with E-state index in [2.05, 4.69) is 34.7 Å². The molecule has 30 heavy (non-hydrogen) atoms. The second-order valence-electron chi connectivity index (χ2n) is 7.16. The van der Waals surface area contributed by atoms with Gasteiger partial charge >= 0.3 is 0 Å². The van der Waals surface area contributed by atoms with E-state index in [9.17, 15) is 4.79 Å². The summed E-state index contributed by atoms with van der Waals surface area (Å²) in [4.78, 5) is 15.7. The molecule has 0 radical (unpaired) electrons. The van der Waals surface area contributed by atoms with Crippen molar-refractivity contribution in [3.8, 4) is 10.9 Å². The second-order valence-corrected chi connectivity index (χ2v) is 8.16. The molecular formula is C24H23N3O2S. The van der Waals surface area contributed by atoms with E-state index in [1.807, 2.05) is 60.7 Å². The Morgan fingerprint density at radius 2 is 1.77 bits per heavy atom. The highest BCUT2D eigenvalue weighted by molar-refractivity contribution is 7.20. The van der Waals surface area contributed by atoms with Crippen molar-refractivity contribution in [1.82, 2.24) is 10.3 Å². The van der Waals surface area contributed by atoms with E-state index >= 15 is 0 Å². The molecule has 0 saturated carbocycles. The maximum Gasteiger partial charge on any atom is 0.279 e. The first-order chi connectivity index (χ1) is 14.6. The maximum atomic E-state index is 11.1. The standard InChI is InChI=1S/C24H23N3O2S/c1-16(15-25-17(2)28)18-8-13-22-23(14-18)30-24(27-22)29-21-11-9-20(10-12-21)26-19-6-4-3-5-7-19/h3-14,16,26H,15H2,1-2H3,(H,25,28). The summed E-state index contributed by atoms with van der Waals surface area (Å²) >= 11 is 1.52. The number of nitrogens with zero attached hydrogens (tertiary/aromatic N) is 1. The Morgan fingerprint density at radius 1 is 1.03 bits per heavy atom. The fourth-order valence-corrected chi connectivity index (χ4v) is 3.96. The van der Waals surface area contributed by atoms with Crippen LogP contribution in [0, 0.1) is 0 Å². The van der Waals surface area contributed by atoms with Gasteiger partial charge in [0.2, 0.25) is 5.91 Å². The van der Waals surface area contributed by atoms with Crippen LogP contribution >= 0.6 is 11.3 Å². The van der Waals surface area contributed by atoms with E-state index in [-0.39, 0.29) is 11.8 Å². The number of carbonyl (C=O) groups is 1. The van der Waals surface area contributed by atoms with Crippen molar-refractivity contribution in [3.63, 3.8) is 0 Å². The highest BCUT2D eigenvalue weighted by Gasteiger charge is 2.11. The van der Waals surface area contributed by atoms with Gasteiger partial charge in [-0.05, 0) is 60.0 Å². The smallest absolute Gasteiger partial charge is 0.279 e. The molecule has 5 nitrogen and oxygen atoms in total. The molecular weight excluding hydrogens is 394 g/mol. The minimum Gasteiger partial charge on any atom is -0.431 e. The monoisotopic (exact) mass is 417 g/mol. The number of benzene rings is 3. The molecule has 0 bridgehead atoms. The third-order valence-corrected chi connectivity index (χ3v) is 5.64. The molecule has 2 N–H and O–H groups in total. The zero-order chi connectivity index (χ0) is 20.9. The number of hydrogen-bond acceptors (Lipinski definition) is 5. The summed E-state index contributed by atoms with van der Waals surface area (Å²) in [5, 5.41) is 6.84. The van der Waals surface area contributed by atoms with E-state index in [1.54, 1.807) is 0 Å². The molecule has 0 aliphatic rings. The first kappa shape index (κ1) is 19.9. The Hall–Kier alpha value is -3.38. The van der Waals surface area contributed by atoms with Crippen LogP contribution in [-0.2, 0) is 4.79 Å². The van der Waals surface area contributed by atoms with Crippen LogP contribution in [0.15, 0.2) is 72.8 Å². The van der Waals surface area contributed by atoms with Gasteiger partial charge < -0.3 is 15.4 Å². The minimum absolute atomic E-state index is 0.0126. The molecule has 152 valence electrons. The first-order valence-electron chi connectivity index (χ1n) is 9.82. The maximum absolute atomic E-state index is 11.1. The van der Waals surface area contributed by atoms with Gasteiger partial charge in [-0.15, -0.1) is 0 Å². The van der Waals surface area contributed by atoms with E-state index in [0.717, 1.165) is 27.3 Å². The fraction of sp³-hybridized carbons (Fsp3) is 0.167. The van der Waals surface area contributed by atoms with Crippen molar-refractivity contribution in [2.24, 2.45) is 0 Å². The van der Waals surface area contributed by atoms with Crippen LogP contribution in [0.25, 0.3) is 10.2 Å². The normalized spacial score (nSPS) is 11.8. The fourth-order valence-electron chi connectivity index (χ4n) is 3.08. The van der Waals surface area contributed by atoms with Gasteiger partial charge in [-0.3, -0.25) is 4.79 Å². The lowest BCUT2D eigenvalue weighted by Crippen LogP contribution is -2.24. The molecule has 6 heteroatoms. The van der Waals surface area contributed by atoms with E-state index in [4.69, 9.17) is 4.74 Å². The number of para-hydroxylation sites is 1. The molecule has 1 aromatic heterocycles. The van der Waals surface area contributed by atoms with Gasteiger partial charge in [-0.1, -0.05) is 42.5 Å². The highest BCUT2D eigenvalue weighted by atomic mass is 32.1. The molecule has 1 atom stereocenters. The topological polar surface area (TPSA) is 63.2 Å². The summed E-state index contributed by atoms with van der Waals surface area (Å²) in [7, 11) is 0. The second kappa shape index (κ2) is 8.97. The van der Waals surface area contributed by atoms with Crippen LogP contribution in [-0.4, -0.2) is 17.4 Å². The van der Waals surface area contributed by atoms with Crippen molar-refractivity contribution in [3.05, 3.63) is 78.4 Å². The minimum atomic E-state index is -0.0126. The number of anilines is 2. The summed E-state index contributed by atoms with van der Waals surface area (Å²) in [5.74, 6) is 0.961. The van der Waals surface area contributed by atoms with Crippen molar-refractivity contribution in [1.29, 1.82) is 0 Å². The molecule has 0 saturated heterocycles. The summed E-state index contributed by atoms with van der Waals surface area (Å²) in [6, 6.07) is 24.1. The van der Waals surface area contributed by atoms with Gasteiger partial charge in [-0.2, -0.15) is 0 Å². The number of thiazole rings is 1. The number of amides is 1. The Kier molecular flexibility index (Phi) is 5.95. The number of ether oxygens (including phenoxy) is 1. The van der Waals surface area contributed by atoms with Crippen LogP contribution in [0.3, 0.4) is 0 Å². The summed E-state index contributed by atoms with van der Waals surface area (Å²) in [6.45, 7) is 4.25. The van der Waals surface area contributed by atoms with E-state index < -0.39 is 0 Å². The lowest BCUT2D eigenvalue weighted by Gasteiger charge is -2.11. The average Bonchev–Trinajstić information content (AvgIpc) is 3.15. The number of aromatic nitrogens is 1. The molecule has 1 heterocycles. The molecule has 0 spiro atoms. The predicted octanol–water partition coefficient (Wildman–Crippen LogP) is 6.07. The number of fused-ring (bicyclic) bond motifs is 1. The molecule has 0 aliphatic heterocycles. The van der Waals surface area contributed by atoms with Crippen LogP contribution in [0.1, 0.15) is 25.3 Å². The number of rotatable bonds is 7. The van der Waals surface area contributed by atoms with Gasteiger partial charge in [0.05, 0.1) is 10.2 Å². The van der Waals surface area contributed by atoms with Crippen molar-refractivity contribution < 1.29 is 9.53 Å². The summed E-state index contributed by atoms with van der Waals surface area (Å²) in [6.07, 6.45) is 0. The lowest BCUT2D eigenvalue weighted by molar-refractivity contribution is -0.119. The molecule has 1 amide bonds. The number of hydrogen-bond donors (Lipinski definition) is 2. The zero-order valence-electron chi connectivity index (χ0n) is 16.9. The summed E-state index contributed by atoms with van der Waals surface area (Å²) < 4.78 is 7.04. The van der Waals surface area contributed by atoms with Gasteiger partial charge in [0.25, 0.3) is 5.19 Å². The molecule has 3 aromatic carbocycles. The Morgan fingerprint density at radius 3 is 2.50 bits per heavy atom. The summed E-state index contributed by atoms with van der Waals surface area (Å²) in [5.41, 5.74) is 4.12. The van der Waals surface area contributed by atoms with Crippen LogP contribution in [0.4, 0.5) is 11.4 Å². The quantitative estimate of drug-likeness (QED) is 0.383. The molecule has 4 rings (SSSR count). The zero-order valence-corrected chi connectivity index (χ0v) is 17.7. The number of carbonyl (C=O) groups excluding carboxylic acids is 1. The molecule has 1 unspecified atom stereocenters. The first-order valence-corrected chi connectivity index (χ1v) is 10.6. The van der Waals surface area contributed by atoms with Gasteiger partial charge in [0, 0.05) is 24.8 Å². The van der Waals surface area contributed by atoms with E-state index in [0.29, 0.717) is 11.7 Å². The lowest BCUT2D eigenvalue weighted by atomic mass is 10.0. The Labute approximate surface area is 179 Å². The Bertz CT molecular complexity index is 1140. The van der Waals surface area contributed by atoms with Crippen molar-refractivity contribution in [2.45, 2.75) is 19.8 Å². The SMILES string of the molecule is CC(=O)NCC(C)c1ccc2nc(Oc3ccc(Nc4ccccc4)cc3)sc2c1. The highest BCUT2D eigenvalue weighted by Crippen LogP contribution is 2.33. The molecule has 4 aromatic rings. The average molecular weight is 418 g/mol. The van der Waals surface area contributed by atoms with Gasteiger partial charge in [0.1, 0.15) is 5.75 Å². The van der Waals surface area contributed by atoms with Crippen LogP contribution < -0.4 is 15.4 Å². The van der Waals surface area contributed by atoms with Crippen molar-refractivity contribution in [2.75, 3.05) is 11.9 Å². The molecule has 0 fully saturated rings. The number of nitrogens with one attached hydrogen (secondary N) is 2. The van der Waals surface area contributed by atoms with Crippen LogP contribution in [0.2, 0.25) is 0 Å². The largest absolute Gasteiger partial charge is 0.431 e. The Balaban J connectivity index is 1.44. The predicted molar refractivity (Wildman–Crippen MR) is 123 cm³/mol. The third-order valence-electron chi connectivity index (χ3n) is 4.74. The van der Waals surface area contributed by atoms with E-state index in [1.165, 1.54) is 23.8 Å². The van der Waals surface area contributed by atoms with Crippen LogP contribution in [0.5, 0.6) is 10.9 Å². The van der Waals surface area contributed by atoms with Gasteiger partial charge in [0.15, 0.2) is 0 Å². The third kappa shape index (κ3) is 4.96. The van der Waals surface area contributed by atoms with Crippen molar-refractivity contribution >= 4 is 38.8 Å². The molecule has 0 aliphatic carbocycles.